The van der Waals surface area contributed by atoms with E-state index < -0.39 is 17.1 Å². The van der Waals surface area contributed by atoms with Gasteiger partial charge in [0, 0.05) is 20.3 Å². The standard InChI is InChI=1S/C10H13F3N2O2S/c1-6-7(8(16)14-4-3-5-17-2)18-9(15-6)10(11,12)13/h3-5H2,1-2H3,(H,14,16). The van der Waals surface area contributed by atoms with Gasteiger partial charge in [-0.05, 0) is 13.3 Å². The molecule has 0 saturated carbocycles. The van der Waals surface area contributed by atoms with E-state index in [-0.39, 0.29) is 10.6 Å². The molecule has 1 heterocycles. The van der Waals surface area contributed by atoms with Crippen molar-refractivity contribution in [3.63, 3.8) is 0 Å². The van der Waals surface area contributed by atoms with Crippen molar-refractivity contribution in [1.82, 2.24) is 10.3 Å². The summed E-state index contributed by atoms with van der Waals surface area (Å²) in [7, 11) is 1.53. The molecule has 1 N–H and O–H groups in total. The number of halogens is 3. The van der Waals surface area contributed by atoms with Crippen LogP contribution in [0.3, 0.4) is 0 Å². The number of methoxy groups -OCH3 is 1. The Bertz CT molecular complexity index is 418. The first-order valence-electron chi connectivity index (χ1n) is 5.18. The third-order valence-electron chi connectivity index (χ3n) is 2.06. The Morgan fingerprint density at radius 3 is 2.67 bits per heavy atom. The number of nitrogens with one attached hydrogen (secondary N) is 1. The van der Waals surface area contributed by atoms with Gasteiger partial charge in [0.15, 0.2) is 5.01 Å². The van der Waals surface area contributed by atoms with Gasteiger partial charge in [0.2, 0.25) is 0 Å². The molecule has 0 aliphatic carbocycles. The Hall–Kier alpha value is -1.15. The maximum atomic E-state index is 12.4. The normalized spacial score (nSPS) is 11.6. The molecule has 0 bridgehead atoms. The van der Waals surface area contributed by atoms with E-state index in [9.17, 15) is 18.0 Å². The molecule has 4 nitrogen and oxygen atoms in total. The van der Waals surface area contributed by atoms with Crippen LogP contribution in [0.25, 0.3) is 0 Å². The van der Waals surface area contributed by atoms with E-state index >= 15 is 0 Å². The van der Waals surface area contributed by atoms with Crippen molar-refractivity contribution in [1.29, 1.82) is 0 Å². The number of aryl methyl sites for hydroxylation is 1. The monoisotopic (exact) mass is 282 g/mol. The smallest absolute Gasteiger partial charge is 0.385 e. The fourth-order valence-electron chi connectivity index (χ4n) is 1.23. The summed E-state index contributed by atoms with van der Waals surface area (Å²) in [6.07, 6.45) is -3.91. The molecular weight excluding hydrogens is 269 g/mol. The van der Waals surface area contributed by atoms with E-state index in [4.69, 9.17) is 4.74 Å². The Morgan fingerprint density at radius 2 is 2.17 bits per heavy atom. The number of aromatic nitrogens is 1. The van der Waals surface area contributed by atoms with Gasteiger partial charge in [-0.2, -0.15) is 13.2 Å². The molecular formula is C10H13F3N2O2S. The molecule has 0 unspecified atom stereocenters. The van der Waals surface area contributed by atoms with Gasteiger partial charge in [-0.1, -0.05) is 0 Å². The van der Waals surface area contributed by atoms with Crippen LogP contribution in [-0.4, -0.2) is 31.2 Å². The number of ether oxygens (including phenoxy) is 1. The Labute approximate surface area is 106 Å². The largest absolute Gasteiger partial charge is 0.443 e. The van der Waals surface area contributed by atoms with Crippen LogP contribution < -0.4 is 5.32 Å². The van der Waals surface area contributed by atoms with Gasteiger partial charge in [0.1, 0.15) is 4.88 Å². The Morgan fingerprint density at radius 1 is 1.50 bits per heavy atom. The zero-order valence-corrected chi connectivity index (χ0v) is 10.7. The minimum atomic E-state index is -4.51. The summed E-state index contributed by atoms with van der Waals surface area (Å²) in [4.78, 5) is 15.0. The zero-order valence-electron chi connectivity index (χ0n) is 9.93. The number of carbonyl (C=O) groups excluding carboxylic acids is 1. The average Bonchev–Trinajstić information content (AvgIpc) is 2.66. The summed E-state index contributed by atoms with van der Waals surface area (Å²) in [5.74, 6) is -0.531. The van der Waals surface area contributed by atoms with Gasteiger partial charge in [-0.15, -0.1) is 11.3 Å². The Balaban J connectivity index is 2.66. The number of amides is 1. The molecule has 0 spiro atoms. The van der Waals surface area contributed by atoms with E-state index in [0.29, 0.717) is 30.9 Å². The molecule has 18 heavy (non-hydrogen) atoms. The maximum absolute atomic E-state index is 12.4. The lowest BCUT2D eigenvalue weighted by molar-refractivity contribution is -0.137. The molecule has 1 rings (SSSR count). The molecule has 1 aromatic rings. The SMILES string of the molecule is COCCCNC(=O)c1sc(C(F)(F)F)nc1C. The predicted molar refractivity (Wildman–Crippen MR) is 60.7 cm³/mol. The lowest BCUT2D eigenvalue weighted by Gasteiger charge is -2.03. The van der Waals surface area contributed by atoms with Crippen LogP contribution in [0.15, 0.2) is 0 Å². The number of thiazole rings is 1. The van der Waals surface area contributed by atoms with E-state index in [1.807, 2.05) is 0 Å². The summed E-state index contributed by atoms with van der Waals surface area (Å²) in [5, 5.41) is 1.53. The highest BCUT2D eigenvalue weighted by atomic mass is 32.1. The highest BCUT2D eigenvalue weighted by molar-refractivity contribution is 7.13. The molecule has 1 amide bonds. The average molecular weight is 282 g/mol. The third kappa shape index (κ3) is 3.95. The molecule has 0 aromatic carbocycles. The van der Waals surface area contributed by atoms with Crippen LogP contribution in [0.5, 0.6) is 0 Å². The maximum Gasteiger partial charge on any atom is 0.443 e. The van der Waals surface area contributed by atoms with Crippen LogP contribution in [0.2, 0.25) is 0 Å². The summed E-state index contributed by atoms with van der Waals surface area (Å²) >= 11 is 0.359. The lowest BCUT2D eigenvalue weighted by Crippen LogP contribution is -2.25. The second kappa shape index (κ2) is 6.14. The van der Waals surface area contributed by atoms with Crippen molar-refractivity contribution < 1.29 is 22.7 Å². The first-order valence-corrected chi connectivity index (χ1v) is 5.99. The van der Waals surface area contributed by atoms with Gasteiger partial charge in [0.05, 0.1) is 5.69 Å². The third-order valence-corrected chi connectivity index (χ3v) is 3.26. The Kier molecular flexibility index (Phi) is 5.09. The number of rotatable bonds is 5. The fraction of sp³-hybridized carbons (Fsp3) is 0.600. The number of nitrogens with zero attached hydrogens (tertiary/aromatic N) is 1. The van der Waals surface area contributed by atoms with Crippen LogP contribution in [-0.2, 0) is 10.9 Å². The summed E-state index contributed by atoms with van der Waals surface area (Å²) in [6, 6.07) is 0. The van der Waals surface area contributed by atoms with Crippen molar-refractivity contribution in [2.75, 3.05) is 20.3 Å². The van der Waals surface area contributed by atoms with Gasteiger partial charge in [-0.3, -0.25) is 4.79 Å². The minimum absolute atomic E-state index is 0.000239. The molecule has 0 fully saturated rings. The van der Waals surface area contributed by atoms with Crippen LogP contribution >= 0.6 is 11.3 Å². The van der Waals surface area contributed by atoms with Crippen LogP contribution in [0.4, 0.5) is 13.2 Å². The highest BCUT2D eigenvalue weighted by Crippen LogP contribution is 2.33. The zero-order chi connectivity index (χ0) is 13.8. The van der Waals surface area contributed by atoms with Crippen LogP contribution in [0.1, 0.15) is 26.8 Å². The van der Waals surface area contributed by atoms with E-state index in [2.05, 4.69) is 10.3 Å². The second-order valence-corrected chi connectivity index (χ2v) is 4.53. The van der Waals surface area contributed by atoms with Crippen molar-refractivity contribution in [3.8, 4) is 0 Å². The van der Waals surface area contributed by atoms with Gasteiger partial charge in [-0.25, -0.2) is 4.98 Å². The van der Waals surface area contributed by atoms with Gasteiger partial charge in [0.25, 0.3) is 5.91 Å². The summed E-state index contributed by atoms with van der Waals surface area (Å²) in [5.41, 5.74) is 0.0940. The van der Waals surface area contributed by atoms with Gasteiger partial charge < -0.3 is 10.1 Å². The second-order valence-electron chi connectivity index (χ2n) is 3.53. The van der Waals surface area contributed by atoms with Crippen molar-refractivity contribution in [2.24, 2.45) is 0 Å². The molecule has 0 aliphatic rings. The fourth-order valence-corrected chi connectivity index (χ4v) is 2.08. The van der Waals surface area contributed by atoms with Gasteiger partial charge >= 0.3 is 6.18 Å². The number of alkyl halides is 3. The lowest BCUT2D eigenvalue weighted by atomic mass is 10.3. The predicted octanol–water partition coefficient (Wildman–Crippen LogP) is 2.24. The first kappa shape index (κ1) is 14.9. The number of hydrogen-bond acceptors (Lipinski definition) is 4. The van der Waals surface area contributed by atoms with E-state index in [1.165, 1.54) is 14.0 Å². The van der Waals surface area contributed by atoms with Crippen molar-refractivity contribution >= 4 is 17.2 Å². The molecule has 0 saturated heterocycles. The topological polar surface area (TPSA) is 51.2 Å². The molecule has 102 valence electrons. The highest BCUT2D eigenvalue weighted by Gasteiger charge is 2.36. The first-order chi connectivity index (χ1) is 8.36. The molecule has 1 aromatic heterocycles. The number of carbonyl (C=O) groups is 1. The molecule has 0 radical (unpaired) electrons. The minimum Gasteiger partial charge on any atom is -0.385 e. The van der Waals surface area contributed by atoms with E-state index in [1.54, 1.807) is 0 Å². The van der Waals surface area contributed by atoms with Crippen molar-refractivity contribution in [3.05, 3.63) is 15.6 Å². The van der Waals surface area contributed by atoms with E-state index in [0.717, 1.165) is 0 Å². The summed E-state index contributed by atoms with van der Waals surface area (Å²) in [6.45, 7) is 2.22. The number of hydrogen-bond donors (Lipinski definition) is 1. The molecule has 0 aliphatic heterocycles. The molecule has 0 atom stereocenters. The van der Waals surface area contributed by atoms with Crippen molar-refractivity contribution in [2.45, 2.75) is 19.5 Å². The molecule has 8 heteroatoms. The summed E-state index contributed by atoms with van der Waals surface area (Å²) < 4.78 is 42.0. The van der Waals surface area contributed by atoms with Crippen LogP contribution in [0, 0.1) is 6.92 Å². The quantitative estimate of drug-likeness (QED) is 0.843.